The summed E-state index contributed by atoms with van der Waals surface area (Å²) in [6, 6.07) is 0.325. The minimum Gasteiger partial charge on any atom is -0.467 e. The lowest BCUT2D eigenvalue weighted by Crippen LogP contribution is -2.16. The average molecular weight is 255 g/mol. The van der Waals surface area contributed by atoms with Gasteiger partial charge in [-0.15, -0.1) is 0 Å². The normalized spacial score (nSPS) is 19.1. The third-order valence-electron chi connectivity index (χ3n) is 2.53. The maximum Gasteiger partial charge on any atom is 0.322 e. The minimum absolute atomic E-state index is 0.325. The van der Waals surface area contributed by atoms with E-state index in [1.807, 2.05) is 11.8 Å². The van der Waals surface area contributed by atoms with E-state index in [1.165, 1.54) is 18.6 Å². The van der Waals surface area contributed by atoms with Crippen LogP contribution in [0.5, 0.6) is 6.01 Å². The predicted molar refractivity (Wildman–Crippen MR) is 69.9 cm³/mol. The highest BCUT2D eigenvalue weighted by Crippen LogP contribution is 2.26. The summed E-state index contributed by atoms with van der Waals surface area (Å²) in [7, 11) is 3.32. The molecule has 1 saturated heterocycles. The molecule has 2 N–H and O–H groups in total. The van der Waals surface area contributed by atoms with Gasteiger partial charge in [-0.1, -0.05) is 0 Å². The zero-order chi connectivity index (χ0) is 12.1. The van der Waals surface area contributed by atoms with Crippen molar-refractivity contribution in [3.63, 3.8) is 0 Å². The van der Waals surface area contributed by atoms with Crippen molar-refractivity contribution in [3.8, 4) is 6.01 Å². The number of anilines is 2. The van der Waals surface area contributed by atoms with Gasteiger partial charge in [0.2, 0.25) is 11.9 Å². The molecule has 0 amide bonds. The molecule has 1 aliphatic heterocycles. The number of hydrogen-bond acceptors (Lipinski definition) is 7. The van der Waals surface area contributed by atoms with E-state index >= 15 is 0 Å². The van der Waals surface area contributed by atoms with E-state index in [0.717, 1.165) is 6.54 Å². The highest BCUT2D eigenvalue weighted by atomic mass is 32.2. The predicted octanol–water partition coefficient (Wildman–Crippen LogP) is 1.23. The van der Waals surface area contributed by atoms with Crippen LogP contribution in [0.2, 0.25) is 0 Å². The van der Waals surface area contributed by atoms with Crippen LogP contribution in [0.25, 0.3) is 0 Å². The number of thioether (sulfide) groups is 1. The Hall–Kier alpha value is -1.24. The number of aromatic nitrogens is 3. The lowest BCUT2D eigenvalue weighted by atomic mass is 10.2. The van der Waals surface area contributed by atoms with E-state index in [2.05, 4.69) is 25.6 Å². The van der Waals surface area contributed by atoms with Gasteiger partial charge in [-0.05, 0) is 18.6 Å². The molecule has 0 radical (unpaired) electrons. The minimum atomic E-state index is 0.325. The molecule has 0 spiro atoms. The molecule has 0 aromatic carbocycles. The second kappa shape index (κ2) is 5.90. The molecule has 1 aromatic rings. The molecule has 1 fully saturated rings. The van der Waals surface area contributed by atoms with Crippen LogP contribution in [-0.4, -0.2) is 46.7 Å². The molecule has 17 heavy (non-hydrogen) atoms. The van der Waals surface area contributed by atoms with Crippen LogP contribution < -0.4 is 15.4 Å². The Morgan fingerprint density at radius 3 is 2.82 bits per heavy atom. The Kier molecular flexibility index (Phi) is 4.24. The van der Waals surface area contributed by atoms with Crippen molar-refractivity contribution >= 4 is 23.7 Å². The molecule has 1 aliphatic rings. The summed E-state index contributed by atoms with van der Waals surface area (Å²) in [6.45, 7) is 0.890. The maximum atomic E-state index is 5.02. The van der Waals surface area contributed by atoms with Crippen molar-refractivity contribution in [2.45, 2.75) is 18.1 Å². The fraction of sp³-hybridized carbons (Fsp3) is 0.700. The largest absolute Gasteiger partial charge is 0.467 e. The topological polar surface area (TPSA) is 72.0 Å². The summed E-state index contributed by atoms with van der Waals surface area (Å²) in [4.78, 5) is 12.4. The summed E-state index contributed by atoms with van der Waals surface area (Å²) in [5.74, 6) is 2.33. The van der Waals surface area contributed by atoms with Crippen LogP contribution in [0, 0.1) is 0 Å². The van der Waals surface area contributed by atoms with Gasteiger partial charge >= 0.3 is 6.01 Å². The van der Waals surface area contributed by atoms with E-state index in [0.29, 0.717) is 23.2 Å². The molecule has 1 aromatic heterocycles. The van der Waals surface area contributed by atoms with E-state index in [1.54, 1.807) is 14.2 Å². The third kappa shape index (κ3) is 3.36. The highest BCUT2D eigenvalue weighted by Gasteiger charge is 2.16. The fourth-order valence-corrected chi connectivity index (χ4v) is 2.85. The quantitative estimate of drug-likeness (QED) is 0.819. The van der Waals surface area contributed by atoms with Crippen LogP contribution in [0.4, 0.5) is 11.9 Å². The molecule has 6 nitrogen and oxygen atoms in total. The molecule has 94 valence electrons. The Morgan fingerprint density at radius 1 is 1.35 bits per heavy atom. The van der Waals surface area contributed by atoms with E-state index in [9.17, 15) is 0 Å². The first-order chi connectivity index (χ1) is 8.31. The first kappa shape index (κ1) is 12.2. The van der Waals surface area contributed by atoms with Gasteiger partial charge in [-0.25, -0.2) is 0 Å². The Bertz CT molecular complexity index is 347. The molecule has 2 heterocycles. The fourth-order valence-electron chi connectivity index (χ4n) is 1.65. The van der Waals surface area contributed by atoms with Crippen LogP contribution in [0.3, 0.4) is 0 Å². The summed E-state index contributed by atoms with van der Waals surface area (Å²) < 4.78 is 5.02. The lowest BCUT2D eigenvalue weighted by molar-refractivity contribution is 0.379. The molecule has 1 atom stereocenters. The Morgan fingerprint density at radius 2 is 2.18 bits per heavy atom. The third-order valence-corrected chi connectivity index (χ3v) is 3.93. The first-order valence-corrected chi connectivity index (χ1v) is 6.70. The van der Waals surface area contributed by atoms with Gasteiger partial charge < -0.3 is 15.4 Å². The SMILES string of the molecule is CNc1nc(NCC2CCCS2)nc(OC)n1. The molecular weight excluding hydrogens is 238 g/mol. The molecule has 7 heteroatoms. The number of methoxy groups -OCH3 is 1. The lowest BCUT2D eigenvalue weighted by Gasteiger charge is -2.11. The molecular formula is C10H17N5OS. The van der Waals surface area contributed by atoms with Gasteiger partial charge in [0.25, 0.3) is 0 Å². The Balaban J connectivity index is 1.98. The van der Waals surface area contributed by atoms with Gasteiger partial charge in [0, 0.05) is 18.8 Å². The van der Waals surface area contributed by atoms with E-state index in [4.69, 9.17) is 4.74 Å². The standard InChI is InChI=1S/C10H17N5OS/c1-11-8-13-9(15-10(14-8)16-2)12-6-7-4-3-5-17-7/h7H,3-6H2,1-2H3,(H2,11,12,13,14,15). The number of nitrogens with zero attached hydrogens (tertiary/aromatic N) is 3. The zero-order valence-corrected chi connectivity index (χ0v) is 10.9. The van der Waals surface area contributed by atoms with Crippen molar-refractivity contribution in [2.24, 2.45) is 0 Å². The molecule has 0 aliphatic carbocycles. The number of hydrogen-bond donors (Lipinski definition) is 2. The van der Waals surface area contributed by atoms with Gasteiger partial charge in [0.15, 0.2) is 0 Å². The van der Waals surface area contributed by atoms with Crippen molar-refractivity contribution in [1.29, 1.82) is 0 Å². The molecule has 1 unspecified atom stereocenters. The summed E-state index contributed by atoms with van der Waals surface area (Å²) in [5.41, 5.74) is 0. The van der Waals surface area contributed by atoms with Crippen molar-refractivity contribution in [3.05, 3.63) is 0 Å². The van der Waals surface area contributed by atoms with E-state index in [-0.39, 0.29) is 0 Å². The summed E-state index contributed by atoms with van der Waals surface area (Å²) in [6.07, 6.45) is 2.57. The Labute approximate surface area is 105 Å². The second-order valence-electron chi connectivity index (χ2n) is 3.74. The molecule has 2 rings (SSSR count). The van der Waals surface area contributed by atoms with Crippen molar-refractivity contribution in [1.82, 2.24) is 15.0 Å². The first-order valence-electron chi connectivity index (χ1n) is 5.65. The molecule has 0 saturated carbocycles. The average Bonchev–Trinajstić information content (AvgIpc) is 2.89. The monoisotopic (exact) mass is 255 g/mol. The number of rotatable bonds is 5. The number of ether oxygens (including phenoxy) is 1. The van der Waals surface area contributed by atoms with Crippen LogP contribution >= 0.6 is 11.8 Å². The zero-order valence-electron chi connectivity index (χ0n) is 10.1. The molecule has 0 bridgehead atoms. The van der Waals surface area contributed by atoms with Gasteiger partial charge in [-0.2, -0.15) is 26.7 Å². The summed E-state index contributed by atoms with van der Waals surface area (Å²) >= 11 is 2.00. The van der Waals surface area contributed by atoms with Crippen LogP contribution in [-0.2, 0) is 0 Å². The van der Waals surface area contributed by atoms with Crippen molar-refractivity contribution in [2.75, 3.05) is 37.1 Å². The maximum absolute atomic E-state index is 5.02. The van der Waals surface area contributed by atoms with Crippen molar-refractivity contribution < 1.29 is 4.74 Å². The number of nitrogens with one attached hydrogen (secondary N) is 2. The van der Waals surface area contributed by atoms with Crippen LogP contribution in [0.1, 0.15) is 12.8 Å². The highest BCUT2D eigenvalue weighted by molar-refractivity contribution is 8.00. The second-order valence-corrected chi connectivity index (χ2v) is 5.14. The smallest absolute Gasteiger partial charge is 0.322 e. The van der Waals surface area contributed by atoms with E-state index < -0.39 is 0 Å². The summed E-state index contributed by atoms with van der Waals surface area (Å²) in [5, 5.41) is 6.78. The van der Waals surface area contributed by atoms with Gasteiger partial charge in [0.1, 0.15) is 0 Å². The van der Waals surface area contributed by atoms with Crippen LogP contribution in [0.15, 0.2) is 0 Å². The van der Waals surface area contributed by atoms with Gasteiger partial charge in [0.05, 0.1) is 7.11 Å². The van der Waals surface area contributed by atoms with Gasteiger partial charge in [-0.3, -0.25) is 0 Å².